The third-order valence-corrected chi connectivity index (χ3v) is 3.18. The molecule has 3 nitrogen and oxygen atoms in total. The molecule has 0 aliphatic rings. The molecule has 0 amide bonds. The molecule has 4 heteroatoms. The van der Waals surface area contributed by atoms with E-state index in [2.05, 4.69) is 5.10 Å². The summed E-state index contributed by atoms with van der Waals surface area (Å²) >= 11 is 0. The predicted molar refractivity (Wildman–Crippen MR) is 79.0 cm³/mol. The largest absolute Gasteiger partial charge is 0.487 e. The minimum Gasteiger partial charge on any atom is -0.487 e. The highest BCUT2D eigenvalue weighted by Crippen LogP contribution is 2.19. The molecule has 3 rings (SSSR count). The van der Waals surface area contributed by atoms with E-state index in [1.165, 1.54) is 12.1 Å². The van der Waals surface area contributed by atoms with E-state index >= 15 is 0 Å². The van der Waals surface area contributed by atoms with Crippen LogP contribution < -0.4 is 4.74 Å². The quantitative estimate of drug-likeness (QED) is 0.725. The molecule has 0 saturated heterocycles. The highest BCUT2D eigenvalue weighted by molar-refractivity contribution is 5.33. The van der Waals surface area contributed by atoms with Gasteiger partial charge in [0, 0.05) is 6.20 Å². The van der Waals surface area contributed by atoms with Gasteiger partial charge in [0.1, 0.15) is 23.9 Å². The standard InChI is InChI=1S/C17H15FN2O/c1-13-11-14(18)7-8-17(13)21-12-15-9-10-20(19-15)16-5-3-2-4-6-16/h2-11H,12H2,1H3. The first-order chi connectivity index (χ1) is 10.2. The highest BCUT2D eigenvalue weighted by Gasteiger charge is 2.04. The molecular formula is C17H15FN2O. The van der Waals surface area contributed by atoms with Crippen molar-refractivity contribution in [2.24, 2.45) is 0 Å². The van der Waals surface area contributed by atoms with Gasteiger partial charge in [-0.3, -0.25) is 0 Å². The van der Waals surface area contributed by atoms with Crippen LogP contribution in [0.3, 0.4) is 0 Å². The first kappa shape index (κ1) is 13.4. The van der Waals surface area contributed by atoms with Gasteiger partial charge in [-0.15, -0.1) is 0 Å². The minimum absolute atomic E-state index is 0.256. The zero-order chi connectivity index (χ0) is 14.7. The summed E-state index contributed by atoms with van der Waals surface area (Å²) in [5.41, 5.74) is 2.60. The summed E-state index contributed by atoms with van der Waals surface area (Å²) in [6, 6.07) is 16.3. The van der Waals surface area contributed by atoms with Gasteiger partial charge in [-0.2, -0.15) is 5.10 Å². The molecule has 1 heterocycles. The first-order valence-electron chi connectivity index (χ1n) is 6.71. The number of para-hydroxylation sites is 1. The van der Waals surface area contributed by atoms with E-state index < -0.39 is 0 Å². The van der Waals surface area contributed by atoms with E-state index in [4.69, 9.17) is 4.74 Å². The molecule has 0 N–H and O–H groups in total. The Hall–Kier alpha value is -2.62. The Morgan fingerprint density at radius 2 is 1.90 bits per heavy atom. The zero-order valence-electron chi connectivity index (χ0n) is 11.7. The molecule has 0 unspecified atom stereocenters. The number of aryl methyl sites for hydroxylation is 1. The molecular weight excluding hydrogens is 267 g/mol. The summed E-state index contributed by atoms with van der Waals surface area (Å²) < 4.78 is 20.5. The van der Waals surface area contributed by atoms with Crippen LogP contribution in [0, 0.1) is 12.7 Å². The molecule has 2 aromatic carbocycles. The van der Waals surface area contributed by atoms with Gasteiger partial charge >= 0.3 is 0 Å². The number of halogens is 1. The predicted octanol–water partition coefficient (Wildman–Crippen LogP) is 3.90. The molecule has 0 fully saturated rings. The smallest absolute Gasteiger partial charge is 0.132 e. The molecule has 0 aliphatic heterocycles. The van der Waals surface area contributed by atoms with Gasteiger partial charge in [-0.25, -0.2) is 9.07 Å². The van der Waals surface area contributed by atoms with Crippen LogP contribution in [0.25, 0.3) is 5.69 Å². The van der Waals surface area contributed by atoms with E-state index in [-0.39, 0.29) is 5.82 Å². The van der Waals surface area contributed by atoms with Crippen molar-refractivity contribution in [3.63, 3.8) is 0 Å². The van der Waals surface area contributed by atoms with Gasteiger partial charge in [-0.05, 0) is 48.9 Å². The van der Waals surface area contributed by atoms with Crippen molar-refractivity contribution < 1.29 is 9.13 Å². The van der Waals surface area contributed by atoms with Gasteiger partial charge in [0.2, 0.25) is 0 Å². The topological polar surface area (TPSA) is 27.1 Å². The fourth-order valence-electron chi connectivity index (χ4n) is 2.09. The van der Waals surface area contributed by atoms with Crippen LogP contribution in [-0.4, -0.2) is 9.78 Å². The van der Waals surface area contributed by atoms with E-state index in [0.29, 0.717) is 12.4 Å². The fraction of sp³-hybridized carbons (Fsp3) is 0.118. The van der Waals surface area contributed by atoms with Crippen LogP contribution in [0.5, 0.6) is 5.75 Å². The van der Waals surface area contributed by atoms with Crippen LogP contribution in [0.2, 0.25) is 0 Å². The van der Waals surface area contributed by atoms with Crippen LogP contribution in [0.4, 0.5) is 4.39 Å². The molecule has 1 aromatic heterocycles. The zero-order valence-corrected chi connectivity index (χ0v) is 11.7. The van der Waals surface area contributed by atoms with Crippen LogP contribution in [-0.2, 0) is 6.61 Å². The first-order valence-corrected chi connectivity index (χ1v) is 6.71. The second-order valence-corrected chi connectivity index (χ2v) is 4.79. The van der Waals surface area contributed by atoms with Crippen molar-refractivity contribution in [2.45, 2.75) is 13.5 Å². The summed E-state index contributed by atoms with van der Waals surface area (Å²) in [6.45, 7) is 2.17. The normalized spacial score (nSPS) is 10.6. The molecule has 21 heavy (non-hydrogen) atoms. The van der Waals surface area contributed by atoms with Crippen LogP contribution in [0.1, 0.15) is 11.3 Å². The minimum atomic E-state index is -0.256. The van der Waals surface area contributed by atoms with E-state index in [1.54, 1.807) is 10.7 Å². The lowest BCUT2D eigenvalue weighted by molar-refractivity contribution is 0.298. The maximum Gasteiger partial charge on any atom is 0.132 e. The molecule has 3 aromatic rings. The molecule has 0 atom stereocenters. The third-order valence-electron chi connectivity index (χ3n) is 3.18. The number of ether oxygens (including phenoxy) is 1. The monoisotopic (exact) mass is 282 g/mol. The Morgan fingerprint density at radius 3 is 2.67 bits per heavy atom. The van der Waals surface area contributed by atoms with Crippen molar-refractivity contribution in [1.29, 1.82) is 0 Å². The summed E-state index contributed by atoms with van der Waals surface area (Å²) in [5, 5.41) is 4.46. The molecule has 0 saturated carbocycles. The second-order valence-electron chi connectivity index (χ2n) is 4.79. The number of rotatable bonds is 4. The van der Waals surface area contributed by atoms with Crippen molar-refractivity contribution in [3.05, 3.63) is 77.9 Å². The summed E-state index contributed by atoms with van der Waals surface area (Å²) in [5.74, 6) is 0.416. The Morgan fingerprint density at radius 1 is 1.10 bits per heavy atom. The molecule has 106 valence electrons. The Labute approximate surface area is 122 Å². The van der Waals surface area contributed by atoms with E-state index in [9.17, 15) is 4.39 Å². The van der Waals surface area contributed by atoms with Gasteiger partial charge in [0.05, 0.1) is 5.69 Å². The Balaban J connectivity index is 1.70. The lowest BCUT2D eigenvalue weighted by Gasteiger charge is -2.07. The van der Waals surface area contributed by atoms with E-state index in [0.717, 1.165) is 16.9 Å². The Bertz CT molecular complexity index is 738. The Kier molecular flexibility index (Phi) is 3.69. The summed E-state index contributed by atoms with van der Waals surface area (Å²) in [6.07, 6.45) is 1.89. The van der Waals surface area contributed by atoms with Crippen molar-refractivity contribution >= 4 is 0 Å². The summed E-state index contributed by atoms with van der Waals surface area (Å²) in [4.78, 5) is 0. The van der Waals surface area contributed by atoms with Crippen LogP contribution in [0.15, 0.2) is 60.8 Å². The maximum atomic E-state index is 13.0. The van der Waals surface area contributed by atoms with Gasteiger partial charge in [-0.1, -0.05) is 18.2 Å². The van der Waals surface area contributed by atoms with Crippen molar-refractivity contribution in [1.82, 2.24) is 9.78 Å². The second kappa shape index (κ2) is 5.79. The highest BCUT2D eigenvalue weighted by atomic mass is 19.1. The number of aromatic nitrogens is 2. The fourth-order valence-corrected chi connectivity index (χ4v) is 2.09. The van der Waals surface area contributed by atoms with Gasteiger partial charge in [0.25, 0.3) is 0 Å². The number of hydrogen-bond acceptors (Lipinski definition) is 2. The third kappa shape index (κ3) is 3.11. The molecule has 0 radical (unpaired) electrons. The van der Waals surface area contributed by atoms with Gasteiger partial charge < -0.3 is 4.74 Å². The average Bonchev–Trinajstić information content (AvgIpc) is 2.96. The number of hydrogen-bond donors (Lipinski definition) is 0. The molecule has 0 bridgehead atoms. The SMILES string of the molecule is Cc1cc(F)ccc1OCc1ccn(-c2ccccc2)n1. The molecule has 0 aliphatic carbocycles. The number of benzene rings is 2. The summed E-state index contributed by atoms with van der Waals surface area (Å²) in [7, 11) is 0. The van der Waals surface area contributed by atoms with Crippen molar-refractivity contribution in [3.8, 4) is 11.4 Å². The lowest BCUT2D eigenvalue weighted by Crippen LogP contribution is -2.00. The lowest BCUT2D eigenvalue weighted by atomic mass is 10.2. The van der Waals surface area contributed by atoms with Crippen LogP contribution >= 0.6 is 0 Å². The van der Waals surface area contributed by atoms with Crippen molar-refractivity contribution in [2.75, 3.05) is 0 Å². The van der Waals surface area contributed by atoms with E-state index in [1.807, 2.05) is 49.5 Å². The molecule has 0 spiro atoms. The maximum absolute atomic E-state index is 13.0. The number of nitrogens with zero attached hydrogens (tertiary/aromatic N) is 2. The van der Waals surface area contributed by atoms with Gasteiger partial charge in [0.15, 0.2) is 0 Å². The average molecular weight is 282 g/mol.